The molecule has 22 heavy (non-hydrogen) atoms. The number of phenols is 1. The molecule has 0 saturated heterocycles. The van der Waals surface area contributed by atoms with E-state index >= 15 is 0 Å². The molecule has 0 aliphatic carbocycles. The van der Waals surface area contributed by atoms with Crippen LogP contribution in [0, 0.1) is 11.3 Å². The number of hydrogen-bond acceptors (Lipinski definition) is 7. The maximum absolute atomic E-state index is 11.8. The van der Waals surface area contributed by atoms with E-state index in [1.54, 1.807) is 0 Å². The molecule has 7 nitrogen and oxygen atoms in total. The number of nitrogen functional groups attached to an aromatic ring is 2. The first-order chi connectivity index (χ1) is 10.4. The van der Waals surface area contributed by atoms with Crippen LogP contribution in [0.1, 0.15) is 14.5 Å². The van der Waals surface area contributed by atoms with Crippen molar-refractivity contribution < 1.29 is 14.6 Å². The Labute approximate surface area is 130 Å². The zero-order valence-corrected chi connectivity index (χ0v) is 12.7. The fourth-order valence-electron chi connectivity index (χ4n) is 2.04. The Kier molecular flexibility index (Phi) is 4.10. The number of ether oxygens (including phenoxy) is 1. The lowest BCUT2D eigenvalue weighted by molar-refractivity contribution is 0.0968. The Morgan fingerprint density at radius 1 is 1.45 bits per heavy atom. The number of aromatic hydroxyl groups is 1. The summed E-state index contributed by atoms with van der Waals surface area (Å²) in [6.07, 6.45) is 0. The van der Waals surface area contributed by atoms with E-state index in [1.165, 1.54) is 26.3 Å². The van der Waals surface area contributed by atoms with Gasteiger partial charge in [-0.3, -0.25) is 4.79 Å². The predicted octanol–water partition coefficient (Wildman–Crippen LogP) is 1.52. The highest BCUT2D eigenvalue weighted by molar-refractivity contribution is 7.15. The van der Waals surface area contributed by atoms with E-state index in [0.717, 1.165) is 11.3 Å². The van der Waals surface area contributed by atoms with Crippen molar-refractivity contribution >= 4 is 28.6 Å². The molecule has 1 amide bonds. The van der Waals surface area contributed by atoms with Crippen LogP contribution in [0.3, 0.4) is 0 Å². The summed E-state index contributed by atoms with van der Waals surface area (Å²) in [6, 6.07) is 4.79. The molecule has 0 aliphatic heterocycles. The molecule has 6 N–H and O–H groups in total. The van der Waals surface area contributed by atoms with Gasteiger partial charge in [-0.1, -0.05) is 0 Å². The van der Waals surface area contributed by atoms with Crippen molar-refractivity contribution in [3.8, 4) is 28.7 Å². The molecule has 2 aromatic rings. The van der Waals surface area contributed by atoms with Crippen LogP contribution in [0.2, 0.25) is 0 Å². The molecule has 0 fully saturated rings. The molecule has 1 aromatic heterocycles. The molecule has 0 radical (unpaired) electrons. The first-order valence-electron chi connectivity index (χ1n) is 6.15. The van der Waals surface area contributed by atoms with Crippen molar-refractivity contribution in [3.63, 3.8) is 0 Å². The normalized spacial score (nSPS) is 10.0. The van der Waals surface area contributed by atoms with Gasteiger partial charge in [0.15, 0.2) is 11.5 Å². The molecule has 0 spiro atoms. The van der Waals surface area contributed by atoms with E-state index in [-0.39, 0.29) is 38.5 Å². The average Bonchev–Trinajstić information content (AvgIpc) is 2.85. The summed E-state index contributed by atoms with van der Waals surface area (Å²) in [5, 5.41) is 21.7. The first kappa shape index (κ1) is 15.5. The number of thiophene rings is 1. The Bertz CT molecular complexity index is 792. The number of nitrogens with two attached hydrogens (primary N) is 2. The maximum atomic E-state index is 11.8. The topological polar surface area (TPSA) is 134 Å². The number of nitriles is 1. The van der Waals surface area contributed by atoms with Gasteiger partial charge < -0.3 is 26.6 Å². The number of amides is 1. The van der Waals surface area contributed by atoms with Gasteiger partial charge in [0, 0.05) is 29.9 Å². The lowest BCUT2D eigenvalue weighted by Crippen LogP contribution is -2.17. The van der Waals surface area contributed by atoms with E-state index in [0.29, 0.717) is 11.1 Å². The molecule has 0 aliphatic rings. The fourth-order valence-corrected chi connectivity index (χ4v) is 3.01. The minimum atomic E-state index is -0.387. The van der Waals surface area contributed by atoms with Crippen LogP contribution in [-0.2, 0) is 0 Å². The van der Waals surface area contributed by atoms with E-state index < -0.39 is 0 Å². The Balaban J connectivity index is 2.73. The number of nitrogens with zero attached hydrogens (tertiary/aromatic N) is 1. The van der Waals surface area contributed by atoms with E-state index in [1.807, 2.05) is 6.07 Å². The molecule has 0 unspecified atom stereocenters. The van der Waals surface area contributed by atoms with Gasteiger partial charge >= 0.3 is 0 Å². The minimum Gasteiger partial charge on any atom is -0.504 e. The van der Waals surface area contributed by atoms with Gasteiger partial charge in [-0.15, -0.1) is 11.3 Å². The monoisotopic (exact) mass is 318 g/mol. The predicted molar refractivity (Wildman–Crippen MR) is 84.9 cm³/mol. The quantitative estimate of drug-likeness (QED) is 0.500. The minimum absolute atomic E-state index is 0.136. The highest BCUT2D eigenvalue weighted by atomic mass is 32.1. The molecule has 0 bridgehead atoms. The molecule has 0 saturated carbocycles. The molecule has 0 atom stereocenters. The number of nitrogens with one attached hydrogen (secondary N) is 1. The van der Waals surface area contributed by atoms with E-state index in [2.05, 4.69) is 5.32 Å². The molecule has 114 valence electrons. The first-order valence-corrected chi connectivity index (χ1v) is 6.97. The van der Waals surface area contributed by atoms with Crippen LogP contribution >= 0.6 is 11.3 Å². The summed E-state index contributed by atoms with van der Waals surface area (Å²) >= 11 is 0.972. The molecule has 1 heterocycles. The lowest BCUT2D eigenvalue weighted by Gasteiger charge is -2.10. The van der Waals surface area contributed by atoms with Crippen LogP contribution in [0.15, 0.2) is 12.1 Å². The zero-order chi connectivity index (χ0) is 16.4. The molecule has 2 rings (SSSR count). The highest BCUT2D eigenvalue weighted by Crippen LogP contribution is 2.44. The van der Waals surface area contributed by atoms with Crippen LogP contribution in [0.5, 0.6) is 11.5 Å². The van der Waals surface area contributed by atoms with Gasteiger partial charge in [0.25, 0.3) is 5.91 Å². The van der Waals surface area contributed by atoms with Crippen molar-refractivity contribution in [2.75, 3.05) is 25.6 Å². The van der Waals surface area contributed by atoms with Crippen molar-refractivity contribution in [1.82, 2.24) is 5.32 Å². The van der Waals surface area contributed by atoms with Crippen LogP contribution in [0.4, 0.5) is 11.4 Å². The summed E-state index contributed by atoms with van der Waals surface area (Å²) in [4.78, 5) is 12.3. The summed E-state index contributed by atoms with van der Waals surface area (Å²) in [7, 11) is 2.87. The highest BCUT2D eigenvalue weighted by Gasteiger charge is 2.23. The Morgan fingerprint density at radius 3 is 2.68 bits per heavy atom. The summed E-state index contributed by atoms with van der Waals surface area (Å²) < 4.78 is 4.98. The van der Waals surface area contributed by atoms with E-state index in [9.17, 15) is 15.2 Å². The average molecular weight is 318 g/mol. The summed E-state index contributed by atoms with van der Waals surface area (Å²) in [5.41, 5.74) is 13.1. The number of phenolic OH excluding ortho intramolecular Hbond substituents is 1. The van der Waals surface area contributed by atoms with Crippen molar-refractivity contribution in [3.05, 3.63) is 21.9 Å². The van der Waals surface area contributed by atoms with Gasteiger partial charge in [-0.25, -0.2) is 0 Å². The Hall–Kier alpha value is -2.92. The van der Waals surface area contributed by atoms with Crippen LogP contribution in [0.25, 0.3) is 11.1 Å². The van der Waals surface area contributed by atoms with Gasteiger partial charge in [0.1, 0.15) is 15.8 Å². The maximum Gasteiger partial charge on any atom is 0.263 e. The number of carbonyl (C=O) groups excluding carboxylic acids is 1. The second kappa shape index (κ2) is 5.83. The summed E-state index contributed by atoms with van der Waals surface area (Å²) in [6.45, 7) is 0. The van der Waals surface area contributed by atoms with Gasteiger partial charge in [0.05, 0.1) is 12.8 Å². The standard InChI is InChI=1S/C14H14N4O3S/c1-18-14(20)13-12(17)11(10(5-15)22-13)6-3-8(19)9(21-2)4-7(6)16/h3-4,19H,16-17H2,1-2H3,(H,18,20). The smallest absolute Gasteiger partial charge is 0.263 e. The van der Waals surface area contributed by atoms with Crippen molar-refractivity contribution in [2.24, 2.45) is 0 Å². The van der Waals surface area contributed by atoms with Gasteiger partial charge in [0.2, 0.25) is 0 Å². The number of hydrogen-bond donors (Lipinski definition) is 4. The number of rotatable bonds is 3. The second-order valence-electron chi connectivity index (χ2n) is 4.35. The molecular formula is C14H14N4O3S. The third kappa shape index (κ3) is 2.38. The molecule has 1 aromatic carbocycles. The largest absolute Gasteiger partial charge is 0.504 e. The van der Waals surface area contributed by atoms with Crippen LogP contribution < -0.4 is 21.5 Å². The lowest BCUT2D eigenvalue weighted by atomic mass is 10.0. The second-order valence-corrected chi connectivity index (χ2v) is 5.37. The third-order valence-electron chi connectivity index (χ3n) is 3.10. The Morgan fingerprint density at radius 2 is 2.14 bits per heavy atom. The number of methoxy groups -OCH3 is 1. The van der Waals surface area contributed by atoms with Crippen molar-refractivity contribution in [1.29, 1.82) is 5.26 Å². The van der Waals surface area contributed by atoms with Gasteiger partial charge in [-0.2, -0.15) is 5.26 Å². The SMILES string of the molecule is CNC(=O)c1sc(C#N)c(-c2cc(O)c(OC)cc2N)c1N. The molecular weight excluding hydrogens is 304 g/mol. The fraction of sp³-hybridized carbons (Fsp3) is 0.143. The van der Waals surface area contributed by atoms with E-state index in [4.69, 9.17) is 16.2 Å². The van der Waals surface area contributed by atoms with Crippen molar-refractivity contribution in [2.45, 2.75) is 0 Å². The molecule has 8 heteroatoms. The zero-order valence-electron chi connectivity index (χ0n) is 11.9. The number of benzene rings is 1. The van der Waals surface area contributed by atoms with Gasteiger partial charge in [-0.05, 0) is 6.07 Å². The van der Waals surface area contributed by atoms with Crippen LogP contribution in [-0.4, -0.2) is 25.2 Å². The number of carbonyl (C=O) groups is 1. The number of anilines is 2. The third-order valence-corrected chi connectivity index (χ3v) is 4.21. The summed E-state index contributed by atoms with van der Waals surface area (Å²) in [5.74, 6) is -0.315.